The number of furan rings is 2. The number of aromatic nitrogens is 4. The van der Waals surface area contributed by atoms with Crippen LogP contribution in [0.25, 0.3) is 128 Å². The van der Waals surface area contributed by atoms with Crippen LogP contribution in [0, 0.1) is 13.8 Å². The molecule has 0 bridgehead atoms. The normalized spacial score (nSPS) is 11.8. The molecule has 0 unspecified atom stereocenters. The van der Waals surface area contributed by atoms with E-state index in [1.54, 1.807) is 0 Å². The van der Waals surface area contributed by atoms with Crippen molar-refractivity contribution >= 4 is 65.7 Å². The standard InChI is InChI=1S/C59H38N4O2/c1-35-24-29-49-48(30-35)55-36(2)14-13-21-50(55)63(49)56-46(37-15-5-3-6-16-37)31-41(32-47(56)38-17-7-4-8-18-38)59-61-57(39-25-27-44-42-19-9-11-22-51(42)64-53(44)33-39)60-58(62-59)40-26-28-45-43-20-10-12-23-52(43)65-54(45)34-40/h3-34H,1-2H3. The lowest BCUT2D eigenvalue weighted by Crippen LogP contribution is -2.04. The molecule has 0 saturated heterocycles. The summed E-state index contributed by atoms with van der Waals surface area (Å²) in [4.78, 5) is 15.9. The van der Waals surface area contributed by atoms with Gasteiger partial charge in [-0.1, -0.05) is 133 Å². The summed E-state index contributed by atoms with van der Waals surface area (Å²) in [5.41, 5.74) is 15.8. The van der Waals surface area contributed by atoms with E-state index in [2.05, 4.69) is 164 Å². The Morgan fingerprint density at radius 3 is 1.43 bits per heavy atom. The summed E-state index contributed by atoms with van der Waals surface area (Å²) in [6.45, 7) is 4.38. The molecule has 9 aromatic carbocycles. The maximum absolute atomic E-state index is 6.39. The number of rotatable bonds is 6. The van der Waals surface area contributed by atoms with Crippen molar-refractivity contribution in [2.24, 2.45) is 0 Å². The lowest BCUT2D eigenvalue weighted by atomic mass is 9.92. The third-order valence-electron chi connectivity index (χ3n) is 12.8. The lowest BCUT2D eigenvalue weighted by molar-refractivity contribution is 0.668. The predicted molar refractivity (Wildman–Crippen MR) is 265 cm³/mol. The van der Waals surface area contributed by atoms with Crippen LogP contribution in [0.1, 0.15) is 11.1 Å². The minimum Gasteiger partial charge on any atom is -0.456 e. The first-order valence-electron chi connectivity index (χ1n) is 21.9. The molecule has 0 aliphatic carbocycles. The number of aryl methyl sites for hydroxylation is 2. The highest BCUT2D eigenvalue weighted by Gasteiger charge is 2.24. The van der Waals surface area contributed by atoms with Crippen molar-refractivity contribution in [3.63, 3.8) is 0 Å². The SMILES string of the molecule is Cc1ccc2c(c1)c1c(C)cccc1n2-c1c(-c2ccccc2)cc(-c2nc(-c3ccc4c(c3)oc3ccccc34)nc(-c3ccc4c(c3)oc3ccccc34)n2)cc1-c1ccccc1. The van der Waals surface area contributed by atoms with Crippen LogP contribution < -0.4 is 0 Å². The molecule has 0 radical (unpaired) electrons. The predicted octanol–water partition coefficient (Wildman–Crippen LogP) is 15.7. The van der Waals surface area contributed by atoms with Gasteiger partial charge in [-0.25, -0.2) is 15.0 Å². The van der Waals surface area contributed by atoms with E-state index in [1.165, 1.54) is 21.9 Å². The van der Waals surface area contributed by atoms with Crippen LogP contribution in [0.4, 0.5) is 0 Å². The van der Waals surface area contributed by atoms with Gasteiger partial charge in [-0.15, -0.1) is 0 Å². The van der Waals surface area contributed by atoms with Crippen LogP contribution in [0.3, 0.4) is 0 Å². The Labute approximate surface area is 373 Å². The summed E-state index contributed by atoms with van der Waals surface area (Å²) in [7, 11) is 0. The molecule has 0 fully saturated rings. The summed E-state index contributed by atoms with van der Waals surface area (Å²) in [6, 6.07) is 68.0. The van der Waals surface area contributed by atoms with Gasteiger partial charge in [0.05, 0.1) is 16.7 Å². The third kappa shape index (κ3) is 5.99. The van der Waals surface area contributed by atoms with E-state index in [4.69, 9.17) is 23.8 Å². The van der Waals surface area contributed by atoms with Gasteiger partial charge >= 0.3 is 0 Å². The summed E-state index contributed by atoms with van der Waals surface area (Å²) in [5.74, 6) is 1.63. The number of nitrogens with zero attached hydrogens (tertiary/aromatic N) is 4. The second-order valence-corrected chi connectivity index (χ2v) is 16.9. The van der Waals surface area contributed by atoms with Crippen LogP contribution in [0.5, 0.6) is 0 Å². The Hall–Kier alpha value is -8.61. The molecule has 0 saturated carbocycles. The van der Waals surface area contributed by atoms with Gasteiger partial charge in [0.15, 0.2) is 17.5 Å². The van der Waals surface area contributed by atoms with Crippen molar-refractivity contribution in [3.8, 4) is 62.1 Å². The van der Waals surface area contributed by atoms with Crippen LogP contribution in [0.15, 0.2) is 203 Å². The van der Waals surface area contributed by atoms with E-state index >= 15 is 0 Å². The molecule has 4 heterocycles. The first-order chi connectivity index (χ1) is 32.0. The molecule has 0 amide bonds. The molecule has 0 N–H and O–H groups in total. The number of benzene rings is 9. The van der Waals surface area contributed by atoms with Crippen molar-refractivity contribution in [1.82, 2.24) is 19.5 Å². The van der Waals surface area contributed by atoms with E-state index in [1.807, 2.05) is 48.5 Å². The topological polar surface area (TPSA) is 69.9 Å². The zero-order chi connectivity index (χ0) is 43.2. The molecular formula is C59H38N4O2. The molecule has 6 nitrogen and oxygen atoms in total. The molecule has 13 rings (SSSR count). The lowest BCUT2D eigenvalue weighted by Gasteiger charge is -2.21. The third-order valence-corrected chi connectivity index (χ3v) is 12.8. The maximum atomic E-state index is 6.39. The molecule has 306 valence electrons. The fourth-order valence-corrected chi connectivity index (χ4v) is 9.78. The average Bonchev–Trinajstić information content (AvgIpc) is 4.03. The maximum Gasteiger partial charge on any atom is 0.164 e. The van der Waals surface area contributed by atoms with Gasteiger partial charge in [-0.3, -0.25) is 0 Å². The van der Waals surface area contributed by atoms with Gasteiger partial charge in [0.25, 0.3) is 0 Å². The Kier molecular flexibility index (Phi) is 8.24. The first kappa shape index (κ1) is 37.0. The highest BCUT2D eigenvalue weighted by Crippen LogP contribution is 2.45. The zero-order valence-corrected chi connectivity index (χ0v) is 35.6. The summed E-state index contributed by atoms with van der Waals surface area (Å²) in [6.07, 6.45) is 0. The molecule has 4 aromatic heterocycles. The minimum atomic E-state index is 0.539. The van der Waals surface area contributed by atoms with Gasteiger partial charge in [0.1, 0.15) is 22.3 Å². The minimum absolute atomic E-state index is 0.539. The summed E-state index contributed by atoms with van der Waals surface area (Å²) < 4.78 is 15.2. The second kappa shape index (κ2) is 14.5. The van der Waals surface area contributed by atoms with E-state index < -0.39 is 0 Å². The molecule has 0 atom stereocenters. The van der Waals surface area contributed by atoms with Gasteiger partial charge in [-0.2, -0.15) is 0 Å². The van der Waals surface area contributed by atoms with Crippen molar-refractivity contribution in [3.05, 3.63) is 205 Å². The molecule has 65 heavy (non-hydrogen) atoms. The highest BCUT2D eigenvalue weighted by molar-refractivity contribution is 6.13. The molecule has 0 spiro atoms. The zero-order valence-electron chi connectivity index (χ0n) is 35.6. The molecule has 13 aromatic rings. The quantitative estimate of drug-likeness (QED) is 0.167. The highest BCUT2D eigenvalue weighted by atomic mass is 16.3. The number of fused-ring (bicyclic) bond motifs is 9. The Balaban J connectivity index is 1.11. The summed E-state index contributed by atoms with van der Waals surface area (Å²) in [5, 5.41) is 6.71. The van der Waals surface area contributed by atoms with Crippen LogP contribution in [0.2, 0.25) is 0 Å². The van der Waals surface area contributed by atoms with Gasteiger partial charge in [0.2, 0.25) is 0 Å². The number of hydrogen-bond acceptors (Lipinski definition) is 5. The fraction of sp³-hybridized carbons (Fsp3) is 0.0339. The van der Waals surface area contributed by atoms with E-state index in [9.17, 15) is 0 Å². The molecule has 0 aliphatic rings. The van der Waals surface area contributed by atoms with Crippen molar-refractivity contribution in [1.29, 1.82) is 0 Å². The monoisotopic (exact) mass is 834 g/mol. The molecule has 6 heteroatoms. The van der Waals surface area contributed by atoms with Crippen LogP contribution in [-0.2, 0) is 0 Å². The van der Waals surface area contributed by atoms with Crippen LogP contribution >= 0.6 is 0 Å². The van der Waals surface area contributed by atoms with Crippen LogP contribution in [-0.4, -0.2) is 19.5 Å². The van der Waals surface area contributed by atoms with Gasteiger partial charge in [-0.05, 0) is 97.3 Å². The Morgan fingerprint density at radius 2 is 0.862 bits per heavy atom. The molecular weight excluding hydrogens is 797 g/mol. The van der Waals surface area contributed by atoms with E-state index in [-0.39, 0.29) is 0 Å². The molecule has 0 aliphatic heterocycles. The smallest absolute Gasteiger partial charge is 0.164 e. The largest absolute Gasteiger partial charge is 0.456 e. The Bertz CT molecular complexity index is 3840. The van der Waals surface area contributed by atoms with E-state index in [0.717, 1.165) is 99.5 Å². The van der Waals surface area contributed by atoms with Gasteiger partial charge < -0.3 is 13.4 Å². The van der Waals surface area contributed by atoms with E-state index in [0.29, 0.717) is 17.5 Å². The summed E-state index contributed by atoms with van der Waals surface area (Å²) >= 11 is 0. The number of hydrogen-bond donors (Lipinski definition) is 0. The van der Waals surface area contributed by atoms with Crippen molar-refractivity contribution in [2.45, 2.75) is 13.8 Å². The first-order valence-corrected chi connectivity index (χ1v) is 21.9. The fourth-order valence-electron chi connectivity index (χ4n) is 9.78. The van der Waals surface area contributed by atoms with Crippen molar-refractivity contribution < 1.29 is 8.83 Å². The second-order valence-electron chi connectivity index (χ2n) is 16.9. The average molecular weight is 835 g/mol. The Morgan fingerprint density at radius 1 is 0.354 bits per heavy atom. The van der Waals surface area contributed by atoms with Gasteiger partial charge in [0, 0.05) is 60.1 Å². The van der Waals surface area contributed by atoms with Crippen molar-refractivity contribution in [2.75, 3.05) is 0 Å². The number of para-hydroxylation sites is 2.